The van der Waals surface area contributed by atoms with Gasteiger partial charge in [0.15, 0.2) is 0 Å². The van der Waals surface area contributed by atoms with Crippen molar-refractivity contribution in [3.63, 3.8) is 0 Å². The molecule has 0 spiro atoms. The van der Waals surface area contributed by atoms with Crippen molar-refractivity contribution in [2.24, 2.45) is 0 Å². The van der Waals surface area contributed by atoms with E-state index in [-0.39, 0.29) is 24.2 Å². The number of aromatic amines is 1. The van der Waals surface area contributed by atoms with E-state index in [1.54, 1.807) is 18.2 Å². The maximum atomic E-state index is 13.7. The summed E-state index contributed by atoms with van der Waals surface area (Å²) in [4.78, 5) is 15.8. The van der Waals surface area contributed by atoms with Gasteiger partial charge in [-0.2, -0.15) is 0 Å². The standard InChI is InChI=1S/C20H18BrFN2O/c21-13-5-7-18-15(10-13)16-11-14(6-8-19(16)24-18)23-20(25)9-12-3-1-2-4-17(12)22/h1-5,7,10,14,24H,6,8-9,11H2,(H,23,25). The predicted molar refractivity (Wildman–Crippen MR) is 100 cm³/mol. The molecular weight excluding hydrogens is 383 g/mol. The number of hydrogen-bond acceptors (Lipinski definition) is 1. The Hall–Kier alpha value is -2.14. The Morgan fingerprint density at radius 2 is 2.12 bits per heavy atom. The third-order valence-corrected chi connectivity index (χ3v) is 5.32. The molecule has 0 aliphatic heterocycles. The molecule has 25 heavy (non-hydrogen) atoms. The largest absolute Gasteiger partial charge is 0.358 e. The molecule has 2 N–H and O–H groups in total. The summed E-state index contributed by atoms with van der Waals surface area (Å²) in [7, 11) is 0. The highest BCUT2D eigenvalue weighted by Gasteiger charge is 2.24. The van der Waals surface area contributed by atoms with Gasteiger partial charge in [0.05, 0.1) is 6.42 Å². The lowest BCUT2D eigenvalue weighted by Crippen LogP contribution is -2.39. The van der Waals surface area contributed by atoms with Crippen LogP contribution in [-0.2, 0) is 24.1 Å². The average Bonchev–Trinajstić information content (AvgIpc) is 2.94. The first-order valence-corrected chi connectivity index (χ1v) is 9.21. The van der Waals surface area contributed by atoms with Gasteiger partial charge in [0.1, 0.15) is 5.82 Å². The molecule has 2 aromatic carbocycles. The van der Waals surface area contributed by atoms with Gasteiger partial charge in [0, 0.05) is 27.1 Å². The zero-order valence-electron chi connectivity index (χ0n) is 13.6. The molecule has 1 aromatic heterocycles. The summed E-state index contributed by atoms with van der Waals surface area (Å²) in [5, 5.41) is 4.28. The lowest BCUT2D eigenvalue weighted by atomic mass is 9.91. The zero-order valence-corrected chi connectivity index (χ0v) is 15.2. The molecule has 1 aliphatic rings. The minimum absolute atomic E-state index is 0.0788. The Bertz CT molecular complexity index is 950. The molecule has 1 aliphatic carbocycles. The molecule has 1 heterocycles. The quantitative estimate of drug-likeness (QED) is 0.676. The minimum Gasteiger partial charge on any atom is -0.358 e. The summed E-state index contributed by atoms with van der Waals surface area (Å²) in [5.41, 5.74) is 4.10. The van der Waals surface area contributed by atoms with Crippen LogP contribution in [0.25, 0.3) is 10.9 Å². The van der Waals surface area contributed by atoms with Crippen LogP contribution >= 0.6 is 15.9 Å². The Labute approximate surface area is 153 Å². The molecule has 3 aromatic rings. The van der Waals surface area contributed by atoms with E-state index in [1.807, 2.05) is 6.07 Å². The first kappa shape index (κ1) is 16.3. The fraction of sp³-hybridized carbons (Fsp3) is 0.250. The van der Waals surface area contributed by atoms with E-state index >= 15 is 0 Å². The zero-order chi connectivity index (χ0) is 17.4. The molecule has 1 atom stereocenters. The number of carbonyl (C=O) groups is 1. The normalized spacial score (nSPS) is 16.6. The second-order valence-corrected chi connectivity index (χ2v) is 7.46. The fourth-order valence-corrected chi connectivity index (χ4v) is 3.97. The van der Waals surface area contributed by atoms with Gasteiger partial charge in [-0.3, -0.25) is 4.79 Å². The van der Waals surface area contributed by atoms with Crippen LogP contribution in [0.15, 0.2) is 46.9 Å². The van der Waals surface area contributed by atoms with Crippen molar-refractivity contribution in [2.45, 2.75) is 31.7 Å². The number of benzene rings is 2. The minimum atomic E-state index is -0.329. The van der Waals surface area contributed by atoms with Crippen molar-refractivity contribution >= 4 is 32.7 Å². The molecule has 1 amide bonds. The van der Waals surface area contributed by atoms with E-state index in [1.165, 1.54) is 22.7 Å². The second-order valence-electron chi connectivity index (χ2n) is 6.55. The van der Waals surface area contributed by atoms with E-state index in [9.17, 15) is 9.18 Å². The van der Waals surface area contributed by atoms with E-state index in [0.29, 0.717) is 5.56 Å². The molecule has 4 rings (SSSR count). The summed E-state index contributed by atoms with van der Waals surface area (Å²) >= 11 is 3.53. The monoisotopic (exact) mass is 400 g/mol. The highest BCUT2D eigenvalue weighted by atomic mass is 79.9. The van der Waals surface area contributed by atoms with Gasteiger partial charge in [-0.15, -0.1) is 0 Å². The van der Waals surface area contributed by atoms with Crippen LogP contribution in [0.1, 0.15) is 23.2 Å². The van der Waals surface area contributed by atoms with E-state index in [2.05, 4.69) is 38.4 Å². The molecule has 128 valence electrons. The number of H-pyrrole nitrogens is 1. The Morgan fingerprint density at radius 3 is 2.96 bits per heavy atom. The van der Waals surface area contributed by atoms with Gasteiger partial charge in [-0.1, -0.05) is 34.1 Å². The van der Waals surface area contributed by atoms with Crippen LogP contribution in [0.5, 0.6) is 0 Å². The van der Waals surface area contributed by atoms with Crippen LogP contribution < -0.4 is 5.32 Å². The summed E-state index contributed by atoms with van der Waals surface area (Å²) in [6.45, 7) is 0. The number of amides is 1. The summed E-state index contributed by atoms with van der Waals surface area (Å²) in [5.74, 6) is -0.454. The highest BCUT2D eigenvalue weighted by molar-refractivity contribution is 9.10. The lowest BCUT2D eigenvalue weighted by Gasteiger charge is -2.23. The summed E-state index contributed by atoms with van der Waals surface area (Å²) < 4.78 is 14.8. The maximum absolute atomic E-state index is 13.7. The van der Waals surface area contributed by atoms with Gasteiger partial charge in [-0.25, -0.2) is 4.39 Å². The number of rotatable bonds is 3. The smallest absolute Gasteiger partial charge is 0.224 e. The molecule has 0 fully saturated rings. The molecule has 5 heteroatoms. The van der Waals surface area contributed by atoms with E-state index < -0.39 is 0 Å². The van der Waals surface area contributed by atoms with Gasteiger partial charge >= 0.3 is 0 Å². The van der Waals surface area contributed by atoms with Crippen molar-refractivity contribution < 1.29 is 9.18 Å². The third-order valence-electron chi connectivity index (χ3n) is 4.82. The number of aryl methyl sites for hydroxylation is 1. The van der Waals surface area contributed by atoms with Crippen LogP contribution in [0.3, 0.4) is 0 Å². The SMILES string of the molecule is O=C(Cc1ccccc1F)NC1CCc2[nH]c3ccc(Br)cc3c2C1. The molecular formula is C20H18BrFN2O. The summed E-state index contributed by atoms with van der Waals surface area (Å²) in [6, 6.07) is 12.7. The van der Waals surface area contributed by atoms with Crippen LogP contribution in [0.2, 0.25) is 0 Å². The van der Waals surface area contributed by atoms with Crippen molar-refractivity contribution in [2.75, 3.05) is 0 Å². The lowest BCUT2D eigenvalue weighted by molar-refractivity contribution is -0.121. The third kappa shape index (κ3) is 3.33. The number of halogens is 2. The Morgan fingerprint density at radius 1 is 1.28 bits per heavy atom. The first-order chi connectivity index (χ1) is 12.1. The molecule has 0 saturated heterocycles. The van der Waals surface area contributed by atoms with Crippen molar-refractivity contribution in [1.82, 2.24) is 10.3 Å². The van der Waals surface area contributed by atoms with Gasteiger partial charge in [0.25, 0.3) is 0 Å². The number of nitrogens with one attached hydrogen (secondary N) is 2. The predicted octanol–water partition coefficient (Wildman–Crippen LogP) is 4.29. The van der Waals surface area contributed by atoms with Crippen molar-refractivity contribution in [3.8, 4) is 0 Å². The topological polar surface area (TPSA) is 44.9 Å². The van der Waals surface area contributed by atoms with Crippen molar-refractivity contribution in [3.05, 3.63) is 69.6 Å². The van der Waals surface area contributed by atoms with Crippen molar-refractivity contribution in [1.29, 1.82) is 0 Å². The molecule has 1 unspecified atom stereocenters. The number of fused-ring (bicyclic) bond motifs is 3. The number of carbonyl (C=O) groups excluding carboxylic acids is 1. The fourth-order valence-electron chi connectivity index (χ4n) is 3.61. The number of hydrogen-bond donors (Lipinski definition) is 2. The van der Waals surface area contributed by atoms with Crippen LogP contribution in [0, 0.1) is 5.82 Å². The maximum Gasteiger partial charge on any atom is 0.224 e. The average molecular weight is 401 g/mol. The first-order valence-electron chi connectivity index (χ1n) is 8.42. The molecule has 3 nitrogen and oxygen atoms in total. The van der Waals surface area contributed by atoms with Gasteiger partial charge in [-0.05, 0) is 54.7 Å². The molecule has 0 bridgehead atoms. The van der Waals surface area contributed by atoms with Crippen LogP contribution in [0.4, 0.5) is 4.39 Å². The molecule has 0 saturated carbocycles. The van der Waals surface area contributed by atoms with Gasteiger partial charge < -0.3 is 10.3 Å². The van der Waals surface area contributed by atoms with Crippen LogP contribution in [-0.4, -0.2) is 16.9 Å². The molecule has 0 radical (unpaired) electrons. The summed E-state index contributed by atoms with van der Waals surface area (Å²) in [6.07, 6.45) is 2.68. The highest BCUT2D eigenvalue weighted by Crippen LogP contribution is 2.31. The van der Waals surface area contributed by atoms with E-state index in [0.717, 1.165) is 29.3 Å². The second kappa shape index (κ2) is 6.64. The number of aromatic nitrogens is 1. The Kier molecular flexibility index (Phi) is 4.34. The Balaban J connectivity index is 1.49. The van der Waals surface area contributed by atoms with E-state index in [4.69, 9.17) is 0 Å². The van der Waals surface area contributed by atoms with Gasteiger partial charge in [0.2, 0.25) is 5.91 Å².